The molecular weight excluding hydrogens is 364 g/mol. The lowest BCUT2D eigenvalue weighted by atomic mass is 10.4. The van der Waals surface area contributed by atoms with Crippen molar-refractivity contribution in [2.24, 2.45) is 0 Å². The Hall–Kier alpha value is 0.130. The van der Waals surface area contributed by atoms with Crippen molar-refractivity contribution in [1.29, 1.82) is 0 Å². The van der Waals surface area contributed by atoms with Crippen molar-refractivity contribution in [2.45, 2.75) is 12.2 Å². The largest absolute Gasteiger partial charge is 0.464 e. The molecule has 2 unspecified atom stereocenters. The molecule has 1 heterocycles. The highest BCUT2D eigenvalue weighted by atomic mass is 32.1. The molecule has 0 aromatic rings. The quantitative estimate of drug-likeness (QED) is 0.183. The van der Waals surface area contributed by atoms with Crippen LogP contribution in [0.2, 0.25) is 0 Å². The van der Waals surface area contributed by atoms with E-state index >= 15 is 0 Å². The molecule has 6 nitrogen and oxygen atoms in total. The molecule has 0 amide bonds. The van der Waals surface area contributed by atoms with Gasteiger partial charge in [0.05, 0.1) is 26.3 Å². The minimum atomic E-state index is -0.384. The number of thiol groups is 3. The van der Waals surface area contributed by atoms with E-state index in [1.807, 2.05) is 9.48 Å². The van der Waals surface area contributed by atoms with E-state index in [0.717, 1.165) is 0 Å². The zero-order valence-electron chi connectivity index (χ0n) is 12.2. The SMILES string of the molecule is OCC(CS)OC(=S)N1CC[N+](=C(S)OC(CO)CS)CC1. The van der Waals surface area contributed by atoms with Gasteiger partial charge in [0.25, 0.3) is 5.17 Å². The Labute approximate surface area is 152 Å². The fourth-order valence-corrected chi connectivity index (χ4v) is 2.83. The first-order valence-electron chi connectivity index (χ1n) is 6.92. The number of nitrogens with zero attached hydrogens (tertiary/aromatic N) is 2. The molecule has 0 aromatic carbocycles. The average molecular weight is 388 g/mol. The Morgan fingerprint density at radius 3 is 2.05 bits per heavy atom. The predicted octanol–water partition coefficient (Wildman–Crippen LogP) is -0.500. The molecule has 22 heavy (non-hydrogen) atoms. The van der Waals surface area contributed by atoms with E-state index in [-0.39, 0.29) is 25.4 Å². The fourth-order valence-electron chi connectivity index (χ4n) is 1.79. The van der Waals surface area contributed by atoms with Gasteiger partial charge < -0.3 is 24.6 Å². The third-order valence-corrected chi connectivity index (χ3v) is 4.72. The van der Waals surface area contributed by atoms with Gasteiger partial charge in [0, 0.05) is 11.5 Å². The van der Waals surface area contributed by atoms with Gasteiger partial charge >= 0.3 is 5.23 Å². The number of ether oxygens (including phenoxy) is 2. The Bertz CT molecular complexity index is 379. The minimum absolute atomic E-state index is 0.0995. The fraction of sp³-hybridized carbons (Fsp3) is 0.833. The second-order valence-electron chi connectivity index (χ2n) is 4.73. The van der Waals surface area contributed by atoms with Crippen LogP contribution in [0.3, 0.4) is 0 Å². The van der Waals surface area contributed by atoms with Crippen molar-refractivity contribution >= 4 is 60.5 Å². The van der Waals surface area contributed by atoms with Gasteiger partial charge in [-0.05, 0) is 24.8 Å². The maximum absolute atomic E-state index is 9.11. The molecule has 10 heteroatoms. The first-order chi connectivity index (χ1) is 10.5. The number of rotatable bonds is 6. The molecule has 1 aliphatic rings. The highest BCUT2D eigenvalue weighted by Crippen LogP contribution is 2.07. The van der Waals surface area contributed by atoms with Gasteiger partial charge in [-0.15, -0.1) is 0 Å². The Morgan fingerprint density at radius 1 is 1.09 bits per heavy atom. The second kappa shape index (κ2) is 10.8. The molecule has 1 fully saturated rings. The van der Waals surface area contributed by atoms with Crippen LogP contribution in [-0.4, -0.2) is 93.2 Å². The van der Waals surface area contributed by atoms with Gasteiger partial charge in [-0.25, -0.2) is 0 Å². The van der Waals surface area contributed by atoms with Gasteiger partial charge in [0.1, 0.15) is 12.2 Å². The van der Waals surface area contributed by atoms with Crippen molar-refractivity contribution in [2.75, 3.05) is 50.9 Å². The zero-order chi connectivity index (χ0) is 16.5. The number of hydrogen-bond donors (Lipinski definition) is 5. The number of piperazine rings is 1. The summed E-state index contributed by atoms with van der Waals surface area (Å²) in [5, 5.41) is 19.1. The summed E-state index contributed by atoms with van der Waals surface area (Å²) in [6.45, 7) is 2.48. The molecule has 1 aliphatic heterocycles. The molecule has 2 atom stereocenters. The third-order valence-electron chi connectivity index (χ3n) is 3.16. The van der Waals surface area contributed by atoms with Crippen molar-refractivity contribution < 1.29 is 24.3 Å². The molecule has 0 aromatic heterocycles. The lowest BCUT2D eigenvalue weighted by molar-refractivity contribution is -0.543. The predicted molar refractivity (Wildman–Crippen MR) is 99.8 cm³/mol. The molecule has 0 radical (unpaired) electrons. The van der Waals surface area contributed by atoms with Crippen LogP contribution in [0.25, 0.3) is 0 Å². The van der Waals surface area contributed by atoms with Gasteiger partial charge in [0.2, 0.25) is 0 Å². The summed E-state index contributed by atoms with van der Waals surface area (Å²) in [7, 11) is 0. The smallest absolute Gasteiger partial charge is 0.397 e. The summed E-state index contributed by atoms with van der Waals surface area (Å²) in [4.78, 5) is 1.93. The van der Waals surface area contributed by atoms with Crippen LogP contribution in [0.15, 0.2) is 0 Å². The number of hydrogen-bond acceptors (Lipinski definition) is 7. The van der Waals surface area contributed by atoms with Crippen molar-refractivity contribution in [3.05, 3.63) is 0 Å². The van der Waals surface area contributed by atoms with E-state index in [2.05, 4.69) is 37.9 Å². The van der Waals surface area contributed by atoms with Gasteiger partial charge in [-0.3, -0.25) is 0 Å². The molecule has 1 saturated heterocycles. The summed E-state index contributed by atoms with van der Waals surface area (Å²) in [6, 6.07) is 0. The van der Waals surface area contributed by atoms with Crippen LogP contribution in [0.1, 0.15) is 0 Å². The van der Waals surface area contributed by atoms with E-state index < -0.39 is 0 Å². The highest BCUT2D eigenvalue weighted by molar-refractivity contribution is 7.96. The molecule has 128 valence electrons. The molecular formula is C12H23N2O4S4+. The first-order valence-corrected chi connectivity index (χ1v) is 9.04. The van der Waals surface area contributed by atoms with Gasteiger partial charge in [0.15, 0.2) is 13.1 Å². The monoisotopic (exact) mass is 387 g/mol. The van der Waals surface area contributed by atoms with Crippen LogP contribution < -0.4 is 0 Å². The van der Waals surface area contributed by atoms with Crippen molar-refractivity contribution in [3.8, 4) is 0 Å². The van der Waals surface area contributed by atoms with E-state index in [9.17, 15) is 0 Å². The van der Waals surface area contributed by atoms with Crippen LogP contribution >= 0.6 is 50.1 Å². The molecule has 1 rings (SSSR count). The molecule has 2 N–H and O–H groups in total. The normalized spacial score (nSPS) is 17.9. The minimum Gasteiger partial charge on any atom is -0.464 e. The second-order valence-corrected chi connectivity index (χ2v) is 6.19. The Morgan fingerprint density at radius 2 is 1.59 bits per heavy atom. The van der Waals surface area contributed by atoms with Crippen molar-refractivity contribution in [3.63, 3.8) is 0 Å². The maximum atomic E-state index is 9.11. The van der Waals surface area contributed by atoms with Gasteiger partial charge in [-0.2, -0.15) is 29.8 Å². The number of aliphatic hydroxyl groups excluding tert-OH is 2. The lowest BCUT2D eigenvalue weighted by Crippen LogP contribution is -2.48. The summed E-state index contributed by atoms with van der Waals surface area (Å²) >= 11 is 17.8. The van der Waals surface area contributed by atoms with Crippen LogP contribution in [-0.2, 0) is 9.47 Å². The summed E-state index contributed by atoms with van der Waals surface area (Å²) in [5.41, 5.74) is 0. The van der Waals surface area contributed by atoms with Crippen LogP contribution in [0, 0.1) is 0 Å². The van der Waals surface area contributed by atoms with E-state index in [1.165, 1.54) is 0 Å². The summed E-state index contributed by atoms with van der Waals surface area (Å²) in [5.74, 6) is 0.829. The lowest BCUT2D eigenvalue weighted by Gasteiger charge is -2.29. The third kappa shape index (κ3) is 6.32. The molecule has 0 bridgehead atoms. The molecule has 0 aliphatic carbocycles. The first kappa shape index (κ1) is 20.2. The topological polar surface area (TPSA) is 65.2 Å². The van der Waals surface area contributed by atoms with E-state index in [0.29, 0.717) is 48.1 Å². The maximum Gasteiger partial charge on any atom is 0.397 e. The number of thiocarbonyl (C=S) groups is 1. The standard InChI is InChI=1S/C12H22N2O4S4/c15-5-9(7-19)17-11(21)13-1-2-14(4-3-13)12(22)18-10(6-16)8-20/h9-10,15-16,19-20H,1-8H2/p+1. The van der Waals surface area contributed by atoms with Gasteiger partial charge in [-0.1, -0.05) is 0 Å². The molecule has 0 saturated carbocycles. The van der Waals surface area contributed by atoms with Crippen LogP contribution in [0.4, 0.5) is 0 Å². The van der Waals surface area contributed by atoms with E-state index in [1.54, 1.807) is 0 Å². The average Bonchev–Trinajstić information content (AvgIpc) is 2.57. The zero-order valence-corrected chi connectivity index (χ0v) is 15.7. The number of aliphatic hydroxyl groups is 2. The van der Waals surface area contributed by atoms with E-state index in [4.69, 9.17) is 31.9 Å². The van der Waals surface area contributed by atoms with Crippen molar-refractivity contribution in [1.82, 2.24) is 4.90 Å². The Kier molecular flexibility index (Phi) is 9.92. The summed E-state index contributed by atoms with van der Waals surface area (Å²) in [6.07, 6.45) is -0.746. The highest BCUT2D eigenvalue weighted by Gasteiger charge is 2.26. The Balaban J connectivity index is 2.50. The molecule has 0 spiro atoms. The van der Waals surface area contributed by atoms with Crippen LogP contribution in [0.5, 0.6) is 0 Å². The summed E-state index contributed by atoms with van der Waals surface area (Å²) < 4.78 is 13.0.